The molecule has 4 nitrogen and oxygen atoms in total. The van der Waals surface area contributed by atoms with Crippen LogP contribution < -0.4 is 4.90 Å². The standard InChI is InChI=1S/C15H19N3O/c1-12-5-6-13(10-16)14(9-12)17(2)11-15(19)18-7-3-4-8-18/h5-6,9H,3-4,7-8,11H2,1-2H3. The second-order valence-corrected chi connectivity index (χ2v) is 5.08. The van der Waals surface area contributed by atoms with Gasteiger partial charge in [-0.3, -0.25) is 4.79 Å². The molecule has 0 aromatic heterocycles. The van der Waals surface area contributed by atoms with Crippen molar-refractivity contribution in [1.29, 1.82) is 5.26 Å². The molecule has 100 valence electrons. The summed E-state index contributed by atoms with van der Waals surface area (Å²) in [7, 11) is 1.86. The number of likely N-dealkylation sites (tertiary alicyclic amines) is 1. The van der Waals surface area contributed by atoms with Crippen LogP contribution in [-0.2, 0) is 4.79 Å². The lowest BCUT2D eigenvalue weighted by Crippen LogP contribution is -2.37. The summed E-state index contributed by atoms with van der Waals surface area (Å²) in [6, 6.07) is 7.86. The van der Waals surface area contributed by atoms with Crippen LogP contribution in [0, 0.1) is 18.3 Å². The lowest BCUT2D eigenvalue weighted by Gasteiger charge is -2.23. The number of nitrogens with zero attached hydrogens (tertiary/aromatic N) is 3. The first-order valence-corrected chi connectivity index (χ1v) is 6.61. The molecule has 0 spiro atoms. The van der Waals surface area contributed by atoms with Crippen molar-refractivity contribution in [2.24, 2.45) is 0 Å². The first kappa shape index (κ1) is 13.4. The predicted molar refractivity (Wildman–Crippen MR) is 75.0 cm³/mol. The molecule has 1 heterocycles. The van der Waals surface area contributed by atoms with Crippen molar-refractivity contribution < 1.29 is 4.79 Å². The Morgan fingerprint density at radius 3 is 2.74 bits per heavy atom. The monoisotopic (exact) mass is 257 g/mol. The molecule has 1 saturated heterocycles. The number of likely N-dealkylation sites (N-methyl/N-ethyl adjacent to an activating group) is 1. The number of anilines is 1. The second-order valence-electron chi connectivity index (χ2n) is 5.08. The van der Waals surface area contributed by atoms with Gasteiger partial charge in [0.05, 0.1) is 17.8 Å². The van der Waals surface area contributed by atoms with Crippen molar-refractivity contribution in [2.45, 2.75) is 19.8 Å². The van der Waals surface area contributed by atoms with E-state index >= 15 is 0 Å². The van der Waals surface area contributed by atoms with Crippen molar-refractivity contribution in [3.63, 3.8) is 0 Å². The van der Waals surface area contributed by atoms with Crippen LogP contribution in [0.2, 0.25) is 0 Å². The molecule has 1 aliphatic rings. The maximum Gasteiger partial charge on any atom is 0.242 e. The topological polar surface area (TPSA) is 47.3 Å². The fraction of sp³-hybridized carbons (Fsp3) is 0.467. The molecule has 19 heavy (non-hydrogen) atoms. The molecule has 0 radical (unpaired) electrons. The van der Waals surface area contributed by atoms with Crippen LogP contribution in [0.5, 0.6) is 0 Å². The number of rotatable bonds is 3. The largest absolute Gasteiger partial charge is 0.364 e. The highest BCUT2D eigenvalue weighted by molar-refractivity contribution is 5.82. The number of hydrogen-bond acceptors (Lipinski definition) is 3. The molecule has 0 unspecified atom stereocenters. The molecule has 2 rings (SSSR count). The van der Waals surface area contributed by atoms with Gasteiger partial charge in [0.25, 0.3) is 0 Å². The van der Waals surface area contributed by atoms with Gasteiger partial charge in [0.1, 0.15) is 6.07 Å². The molecular formula is C15H19N3O. The third kappa shape index (κ3) is 3.05. The highest BCUT2D eigenvalue weighted by atomic mass is 16.2. The maximum atomic E-state index is 12.1. The number of aryl methyl sites for hydroxylation is 1. The van der Waals surface area contributed by atoms with Gasteiger partial charge in [0.2, 0.25) is 5.91 Å². The minimum atomic E-state index is 0.144. The van der Waals surface area contributed by atoms with Gasteiger partial charge in [-0.2, -0.15) is 5.26 Å². The number of carbonyl (C=O) groups is 1. The first-order chi connectivity index (χ1) is 9.11. The highest BCUT2D eigenvalue weighted by Crippen LogP contribution is 2.20. The summed E-state index contributed by atoms with van der Waals surface area (Å²) in [5.41, 5.74) is 2.53. The molecule has 0 saturated carbocycles. The molecule has 1 aromatic carbocycles. The van der Waals surface area contributed by atoms with E-state index in [-0.39, 0.29) is 5.91 Å². The molecule has 0 N–H and O–H groups in total. The van der Waals surface area contributed by atoms with Crippen molar-refractivity contribution in [3.05, 3.63) is 29.3 Å². The average Bonchev–Trinajstić information content (AvgIpc) is 2.92. The molecule has 1 fully saturated rings. The van der Waals surface area contributed by atoms with Crippen LogP contribution >= 0.6 is 0 Å². The highest BCUT2D eigenvalue weighted by Gasteiger charge is 2.20. The zero-order valence-corrected chi connectivity index (χ0v) is 11.5. The van der Waals surface area contributed by atoms with Crippen LogP contribution in [0.25, 0.3) is 0 Å². The summed E-state index contributed by atoms with van der Waals surface area (Å²) in [6.45, 7) is 4.05. The molecule has 0 aliphatic carbocycles. The molecule has 0 atom stereocenters. The summed E-state index contributed by atoms with van der Waals surface area (Å²) in [5.74, 6) is 0.144. The molecule has 4 heteroatoms. The fourth-order valence-corrected chi connectivity index (χ4v) is 2.41. The van der Waals surface area contributed by atoms with E-state index in [1.807, 2.05) is 42.0 Å². The minimum Gasteiger partial charge on any atom is -0.364 e. The zero-order chi connectivity index (χ0) is 13.8. The van der Waals surface area contributed by atoms with Gasteiger partial charge in [-0.25, -0.2) is 0 Å². The van der Waals surface area contributed by atoms with E-state index in [4.69, 9.17) is 5.26 Å². The Hall–Kier alpha value is -2.02. The third-order valence-electron chi connectivity index (χ3n) is 3.52. The van der Waals surface area contributed by atoms with Crippen molar-refractivity contribution >= 4 is 11.6 Å². The van der Waals surface area contributed by atoms with Crippen LogP contribution in [0.4, 0.5) is 5.69 Å². The Bertz CT molecular complexity index is 513. The number of nitriles is 1. The maximum absolute atomic E-state index is 12.1. The molecule has 1 amide bonds. The van der Waals surface area contributed by atoms with Crippen LogP contribution in [0.15, 0.2) is 18.2 Å². The minimum absolute atomic E-state index is 0.144. The fourth-order valence-electron chi connectivity index (χ4n) is 2.41. The van der Waals surface area contributed by atoms with Gasteiger partial charge in [0, 0.05) is 20.1 Å². The SMILES string of the molecule is Cc1ccc(C#N)c(N(C)CC(=O)N2CCCC2)c1. The normalized spacial score (nSPS) is 14.3. The van der Waals surface area contributed by atoms with Crippen LogP contribution in [0.1, 0.15) is 24.0 Å². The summed E-state index contributed by atoms with van der Waals surface area (Å²) in [6.07, 6.45) is 2.20. The summed E-state index contributed by atoms with van der Waals surface area (Å²) in [5, 5.41) is 9.13. The van der Waals surface area contributed by atoms with E-state index < -0.39 is 0 Å². The molecular weight excluding hydrogens is 238 g/mol. The van der Waals surface area contributed by atoms with Gasteiger partial charge in [-0.15, -0.1) is 0 Å². The van der Waals surface area contributed by atoms with Gasteiger partial charge in [0.15, 0.2) is 0 Å². The summed E-state index contributed by atoms with van der Waals surface area (Å²) in [4.78, 5) is 15.9. The Labute approximate surface area is 114 Å². The lowest BCUT2D eigenvalue weighted by molar-refractivity contribution is -0.128. The Morgan fingerprint density at radius 2 is 2.11 bits per heavy atom. The zero-order valence-electron chi connectivity index (χ0n) is 11.5. The van der Waals surface area contributed by atoms with Crippen molar-refractivity contribution in [1.82, 2.24) is 4.90 Å². The second kappa shape index (κ2) is 5.75. The van der Waals surface area contributed by atoms with E-state index in [1.54, 1.807) is 0 Å². The number of amides is 1. The van der Waals surface area contributed by atoms with E-state index in [2.05, 4.69) is 6.07 Å². The number of hydrogen-bond donors (Lipinski definition) is 0. The Morgan fingerprint density at radius 1 is 1.42 bits per heavy atom. The van der Waals surface area contributed by atoms with Crippen LogP contribution in [-0.4, -0.2) is 37.5 Å². The Balaban J connectivity index is 2.11. The van der Waals surface area contributed by atoms with Crippen molar-refractivity contribution in [2.75, 3.05) is 31.6 Å². The van der Waals surface area contributed by atoms with E-state index in [0.29, 0.717) is 12.1 Å². The van der Waals surface area contributed by atoms with E-state index in [0.717, 1.165) is 37.2 Å². The van der Waals surface area contributed by atoms with E-state index in [1.165, 1.54) is 0 Å². The third-order valence-corrected chi connectivity index (χ3v) is 3.52. The van der Waals surface area contributed by atoms with Crippen molar-refractivity contribution in [3.8, 4) is 6.07 Å². The van der Waals surface area contributed by atoms with Gasteiger partial charge >= 0.3 is 0 Å². The molecule has 1 aliphatic heterocycles. The number of benzene rings is 1. The van der Waals surface area contributed by atoms with Crippen LogP contribution in [0.3, 0.4) is 0 Å². The van der Waals surface area contributed by atoms with Gasteiger partial charge in [-0.1, -0.05) is 6.07 Å². The predicted octanol–water partition coefficient (Wildman–Crippen LogP) is 1.93. The molecule has 0 bridgehead atoms. The Kier molecular flexibility index (Phi) is 4.06. The van der Waals surface area contributed by atoms with E-state index in [9.17, 15) is 4.79 Å². The molecule has 1 aromatic rings. The van der Waals surface area contributed by atoms with Gasteiger partial charge < -0.3 is 9.80 Å². The smallest absolute Gasteiger partial charge is 0.242 e. The lowest BCUT2D eigenvalue weighted by atomic mass is 10.1. The first-order valence-electron chi connectivity index (χ1n) is 6.61. The average molecular weight is 257 g/mol. The number of carbonyl (C=O) groups excluding carboxylic acids is 1. The quantitative estimate of drug-likeness (QED) is 0.831. The summed E-state index contributed by atoms with van der Waals surface area (Å²) >= 11 is 0. The summed E-state index contributed by atoms with van der Waals surface area (Å²) < 4.78 is 0. The van der Waals surface area contributed by atoms with Gasteiger partial charge in [-0.05, 0) is 37.5 Å².